The third-order valence-electron chi connectivity index (χ3n) is 3.82. The molecule has 0 bridgehead atoms. The van der Waals surface area contributed by atoms with Crippen LogP contribution in [0.25, 0.3) is 0 Å². The van der Waals surface area contributed by atoms with Gasteiger partial charge in [-0.3, -0.25) is 0 Å². The van der Waals surface area contributed by atoms with Gasteiger partial charge in [0, 0.05) is 19.5 Å². The van der Waals surface area contributed by atoms with E-state index >= 15 is 0 Å². The number of halogens is 1. The fourth-order valence-corrected chi connectivity index (χ4v) is 2.83. The van der Waals surface area contributed by atoms with Gasteiger partial charge in [-0.2, -0.15) is 0 Å². The van der Waals surface area contributed by atoms with Crippen molar-refractivity contribution in [3.8, 4) is 11.5 Å². The van der Waals surface area contributed by atoms with Crippen LogP contribution in [0.5, 0.6) is 11.5 Å². The zero-order chi connectivity index (χ0) is 15.4. The summed E-state index contributed by atoms with van der Waals surface area (Å²) in [5.41, 5.74) is 1.14. The highest BCUT2D eigenvalue weighted by Crippen LogP contribution is 2.31. The van der Waals surface area contributed by atoms with E-state index in [4.69, 9.17) is 21.1 Å². The second-order valence-electron chi connectivity index (χ2n) is 5.60. The first-order chi connectivity index (χ1) is 10.7. The Morgan fingerprint density at radius 2 is 1.86 bits per heavy atom. The smallest absolute Gasteiger partial charge is 0.146 e. The number of rotatable bonds is 4. The molecule has 1 atom stereocenters. The van der Waals surface area contributed by atoms with Gasteiger partial charge in [0.05, 0.1) is 17.7 Å². The lowest BCUT2D eigenvalue weighted by Gasteiger charge is -2.30. The number of likely N-dealkylation sites (N-methyl/N-ethyl adjacent to an activating group) is 1. The first kappa shape index (κ1) is 15.3. The molecule has 2 aromatic carbocycles. The fraction of sp³-hybridized carbons (Fsp3) is 0.333. The maximum atomic E-state index is 6.18. The number of ether oxygens (including phenoxy) is 2. The van der Waals surface area contributed by atoms with Gasteiger partial charge in [-0.1, -0.05) is 41.9 Å². The van der Waals surface area contributed by atoms with Crippen LogP contribution < -0.4 is 4.74 Å². The van der Waals surface area contributed by atoms with Crippen molar-refractivity contribution >= 4 is 11.6 Å². The van der Waals surface area contributed by atoms with E-state index in [1.807, 2.05) is 42.5 Å². The Morgan fingerprint density at radius 1 is 1.14 bits per heavy atom. The summed E-state index contributed by atoms with van der Waals surface area (Å²) in [6, 6.07) is 15.6. The van der Waals surface area contributed by atoms with E-state index in [1.165, 1.54) is 0 Å². The van der Waals surface area contributed by atoms with Crippen LogP contribution >= 0.6 is 11.6 Å². The van der Waals surface area contributed by atoms with Crippen LogP contribution in [-0.4, -0.2) is 37.7 Å². The van der Waals surface area contributed by atoms with E-state index in [1.54, 1.807) is 0 Å². The standard InChI is InChI=1S/C18H20ClNO2/c1-20-10-11-21-15(13-20)12-14-6-2-4-8-17(14)22-18-9-5-3-7-16(18)19/h2-9,15H,10-13H2,1H3. The van der Waals surface area contributed by atoms with Crippen LogP contribution in [0.2, 0.25) is 5.02 Å². The lowest BCUT2D eigenvalue weighted by molar-refractivity contribution is -0.0187. The zero-order valence-electron chi connectivity index (χ0n) is 12.7. The molecule has 0 spiro atoms. The van der Waals surface area contributed by atoms with E-state index in [0.29, 0.717) is 10.8 Å². The molecule has 3 nitrogen and oxygen atoms in total. The van der Waals surface area contributed by atoms with Crippen LogP contribution in [-0.2, 0) is 11.2 Å². The SMILES string of the molecule is CN1CCOC(Cc2ccccc2Oc2ccccc2Cl)C1. The summed E-state index contributed by atoms with van der Waals surface area (Å²) in [5, 5.41) is 0.617. The highest BCUT2D eigenvalue weighted by Gasteiger charge is 2.19. The van der Waals surface area contributed by atoms with Crippen LogP contribution in [0, 0.1) is 0 Å². The van der Waals surface area contributed by atoms with Gasteiger partial charge in [-0.15, -0.1) is 0 Å². The maximum absolute atomic E-state index is 6.18. The molecule has 1 unspecified atom stereocenters. The number of benzene rings is 2. The fourth-order valence-electron chi connectivity index (χ4n) is 2.65. The summed E-state index contributed by atoms with van der Waals surface area (Å²) in [7, 11) is 2.13. The summed E-state index contributed by atoms with van der Waals surface area (Å²) in [6.45, 7) is 2.73. The van der Waals surface area contributed by atoms with Crippen molar-refractivity contribution in [3.05, 3.63) is 59.1 Å². The van der Waals surface area contributed by atoms with E-state index in [9.17, 15) is 0 Å². The normalized spacial score (nSPS) is 19.1. The van der Waals surface area contributed by atoms with Crippen molar-refractivity contribution in [1.29, 1.82) is 0 Å². The van der Waals surface area contributed by atoms with Crippen LogP contribution in [0.4, 0.5) is 0 Å². The third kappa shape index (κ3) is 3.80. The molecule has 3 rings (SSSR count). The molecule has 1 fully saturated rings. The van der Waals surface area contributed by atoms with Crippen molar-refractivity contribution in [2.45, 2.75) is 12.5 Å². The number of hydrogen-bond donors (Lipinski definition) is 0. The number of morpholine rings is 1. The molecule has 0 amide bonds. The predicted octanol–water partition coefficient (Wildman–Crippen LogP) is 4.01. The van der Waals surface area contributed by atoms with Crippen LogP contribution in [0.1, 0.15) is 5.56 Å². The van der Waals surface area contributed by atoms with Crippen molar-refractivity contribution in [3.63, 3.8) is 0 Å². The lowest BCUT2D eigenvalue weighted by Crippen LogP contribution is -2.40. The molecule has 1 aliphatic heterocycles. The molecule has 0 aliphatic carbocycles. The van der Waals surface area contributed by atoms with Gasteiger partial charge in [0.2, 0.25) is 0 Å². The van der Waals surface area contributed by atoms with Crippen LogP contribution in [0.15, 0.2) is 48.5 Å². The van der Waals surface area contributed by atoms with E-state index in [2.05, 4.69) is 18.0 Å². The van der Waals surface area contributed by atoms with Gasteiger partial charge in [0.25, 0.3) is 0 Å². The molecular weight excluding hydrogens is 298 g/mol. The molecule has 4 heteroatoms. The summed E-state index contributed by atoms with van der Waals surface area (Å²) < 4.78 is 11.9. The minimum Gasteiger partial charge on any atom is -0.456 e. The second-order valence-corrected chi connectivity index (χ2v) is 6.01. The molecule has 116 valence electrons. The molecular formula is C18H20ClNO2. The topological polar surface area (TPSA) is 21.7 Å². The predicted molar refractivity (Wildman–Crippen MR) is 88.9 cm³/mol. The number of nitrogens with zero attached hydrogens (tertiary/aromatic N) is 1. The van der Waals surface area contributed by atoms with Gasteiger partial charge in [0.15, 0.2) is 0 Å². The largest absolute Gasteiger partial charge is 0.456 e. The monoisotopic (exact) mass is 317 g/mol. The zero-order valence-corrected chi connectivity index (χ0v) is 13.4. The molecule has 1 aliphatic rings. The molecule has 2 aromatic rings. The minimum absolute atomic E-state index is 0.203. The summed E-state index contributed by atoms with van der Waals surface area (Å²) in [5.74, 6) is 1.52. The first-order valence-corrected chi connectivity index (χ1v) is 7.90. The van der Waals surface area contributed by atoms with Gasteiger partial charge in [-0.05, 0) is 30.8 Å². The average Bonchev–Trinajstić information content (AvgIpc) is 2.51. The summed E-state index contributed by atoms with van der Waals surface area (Å²) >= 11 is 6.18. The van der Waals surface area contributed by atoms with Crippen LogP contribution in [0.3, 0.4) is 0 Å². The van der Waals surface area contributed by atoms with Gasteiger partial charge in [-0.25, -0.2) is 0 Å². The Hall–Kier alpha value is -1.55. The second kappa shape index (κ2) is 7.14. The Balaban J connectivity index is 1.76. The highest BCUT2D eigenvalue weighted by molar-refractivity contribution is 6.32. The van der Waals surface area contributed by atoms with Gasteiger partial charge < -0.3 is 14.4 Å². The van der Waals surface area contributed by atoms with Crippen molar-refractivity contribution in [2.75, 3.05) is 26.7 Å². The third-order valence-corrected chi connectivity index (χ3v) is 4.13. The Kier molecular flexibility index (Phi) is 4.98. The molecule has 0 aromatic heterocycles. The van der Waals surface area contributed by atoms with Gasteiger partial charge in [0.1, 0.15) is 11.5 Å². The number of para-hydroxylation sites is 2. The molecule has 0 saturated carbocycles. The Morgan fingerprint density at radius 3 is 2.64 bits per heavy atom. The summed E-state index contributed by atoms with van der Waals surface area (Å²) in [6.07, 6.45) is 1.04. The van der Waals surface area contributed by atoms with Crippen molar-refractivity contribution in [1.82, 2.24) is 4.90 Å². The summed E-state index contributed by atoms with van der Waals surface area (Å²) in [4.78, 5) is 2.30. The Bertz CT molecular complexity index is 632. The highest BCUT2D eigenvalue weighted by atomic mass is 35.5. The lowest BCUT2D eigenvalue weighted by atomic mass is 10.1. The Labute approximate surface area is 136 Å². The number of hydrogen-bond acceptors (Lipinski definition) is 3. The molecule has 0 radical (unpaired) electrons. The van der Waals surface area contributed by atoms with Crippen molar-refractivity contribution in [2.24, 2.45) is 0 Å². The molecule has 22 heavy (non-hydrogen) atoms. The quantitative estimate of drug-likeness (QED) is 0.850. The average molecular weight is 318 g/mol. The van der Waals surface area contributed by atoms with E-state index < -0.39 is 0 Å². The molecule has 1 saturated heterocycles. The molecule has 0 N–H and O–H groups in total. The minimum atomic E-state index is 0.203. The van der Waals surface area contributed by atoms with E-state index in [0.717, 1.165) is 37.4 Å². The molecule has 1 heterocycles. The van der Waals surface area contributed by atoms with Crippen molar-refractivity contribution < 1.29 is 9.47 Å². The first-order valence-electron chi connectivity index (χ1n) is 7.53. The maximum Gasteiger partial charge on any atom is 0.146 e. The van der Waals surface area contributed by atoms with Gasteiger partial charge >= 0.3 is 0 Å². The van der Waals surface area contributed by atoms with E-state index in [-0.39, 0.29) is 6.10 Å².